The van der Waals surface area contributed by atoms with Crippen LogP contribution in [-0.4, -0.2) is 26.0 Å². The average molecular weight is 361 g/mol. The number of benzene rings is 2. The lowest BCUT2D eigenvalue weighted by Gasteiger charge is -2.42. The first-order valence-electron chi connectivity index (χ1n) is 9.77. The Kier molecular flexibility index (Phi) is 4.88. The highest BCUT2D eigenvalue weighted by molar-refractivity contribution is 5.97. The zero-order valence-electron chi connectivity index (χ0n) is 16.1. The number of hydrazine groups is 1. The van der Waals surface area contributed by atoms with Crippen molar-refractivity contribution in [2.24, 2.45) is 0 Å². The van der Waals surface area contributed by atoms with E-state index in [-0.39, 0.29) is 11.9 Å². The minimum atomic E-state index is 0.0747. The second kappa shape index (κ2) is 7.47. The number of rotatable bonds is 4. The number of carbonyl (C=O) groups is 1. The van der Waals surface area contributed by atoms with Crippen molar-refractivity contribution < 1.29 is 4.79 Å². The molecule has 2 aromatic rings. The molecular formula is C23H27N3O. The molecule has 0 aromatic heterocycles. The van der Waals surface area contributed by atoms with Crippen LogP contribution in [0.3, 0.4) is 0 Å². The highest BCUT2D eigenvalue weighted by atomic mass is 16.2. The largest absolute Gasteiger partial charge is 0.378 e. The Balaban J connectivity index is 1.71. The smallest absolute Gasteiger partial charge is 0.265 e. The maximum atomic E-state index is 12.8. The number of carbonyl (C=O) groups excluding carboxylic acids is 1. The van der Waals surface area contributed by atoms with E-state index in [1.54, 1.807) is 0 Å². The summed E-state index contributed by atoms with van der Waals surface area (Å²) in [6.45, 7) is 0. The third kappa shape index (κ3) is 3.57. The van der Waals surface area contributed by atoms with E-state index < -0.39 is 0 Å². The van der Waals surface area contributed by atoms with E-state index in [1.807, 2.05) is 14.1 Å². The number of hydrogen-bond acceptors (Lipinski definition) is 3. The molecule has 4 rings (SSSR count). The van der Waals surface area contributed by atoms with Gasteiger partial charge in [-0.25, -0.2) is 0 Å². The van der Waals surface area contributed by atoms with Gasteiger partial charge in [-0.1, -0.05) is 30.3 Å². The van der Waals surface area contributed by atoms with E-state index in [9.17, 15) is 4.79 Å². The molecule has 0 bridgehead atoms. The van der Waals surface area contributed by atoms with E-state index in [0.717, 1.165) is 42.6 Å². The second-order valence-electron chi connectivity index (χ2n) is 7.64. The van der Waals surface area contributed by atoms with Crippen molar-refractivity contribution in [2.45, 2.75) is 38.1 Å². The monoisotopic (exact) mass is 361 g/mol. The van der Waals surface area contributed by atoms with Gasteiger partial charge in [-0.15, -0.1) is 0 Å². The van der Waals surface area contributed by atoms with Crippen LogP contribution >= 0.6 is 0 Å². The minimum absolute atomic E-state index is 0.0747. The first kappa shape index (κ1) is 17.7. The minimum Gasteiger partial charge on any atom is -0.378 e. The molecule has 0 saturated carbocycles. The van der Waals surface area contributed by atoms with Crippen molar-refractivity contribution >= 4 is 17.3 Å². The summed E-state index contributed by atoms with van der Waals surface area (Å²) in [4.78, 5) is 14.9. The van der Waals surface area contributed by atoms with Crippen LogP contribution in [0.2, 0.25) is 0 Å². The van der Waals surface area contributed by atoms with Crippen LogP contribution in [0.4, 0.5) is 11.4 Å². The molecule has 4 heteroatoms. The van der Waals surface area contributed by atoms with Crippen molar-refractivity contribution in [2.75, 3.05) is 24.0 Å². The lowest BCUT2D eigenvalue weighted by Crippen LogP contribution is -2.55. The van der Waals surface area contributed by atoms with Gasteiger partial charge in [-0.05, 0) is 67.5 Å². The van der Waals surface area contributed by atoms with Gasteiger partial charge >= 0.3 is 0 Å². The summed E-state index contributed by atoms with van der Waals surface area (Å²) >= 11 is 0. The Bertz CT molecular complexity index is 840. The normalized spacial score (nSPS) is 19.6. The molecule has 2 aromatic carbocycles. The molecular weight excluding hydrogens is 334 g/mol. The summed E-state index contributed by atoms with van der Waals surface area (Å²) in [5, 5.41) is 2.08. The maximum Gasteiger partial charge on any atom is 0.265 e. The lowest BCUT2D eigenvalue weighted by molar-refractivity contribution is -0.118. The number of nitrogens with one attached hydrogen (secondary N) is 1. The molecule has 27 heavy (non-hydrogen) atoms. The second-order valence-corrected chi connectivity index (χ2v) is 7.64. The topological polar surface area (TPSA) is 35.6 Å². The Morgan fingerprint density at radius 1 is 1.00 bits per heavy atom. The molecule has 0 fully saturated rings. The predicted octanol–water partition coefficient (Wildman–Crippen LogP) is 4.09. The lowest BCUT2D eigenvalue weighted by atomic mass is 9.83. The van der Waals surface area contributed by atoms with Crippen LogP contribution in [0.25, 0.3) is 0 Å². The number of anilines is 2. The van der Waals surface area contributed by atoms with Crippen LogP contribution in [0.5, 0.6) is 0 Å². The SMILES string of the molecule is CN(C)c1ccc(N2NC(=O)C3=C(CCCC3)C2Cc2ccccc2)cc1. The van der Waals surface area contributed by atoms with Crippen LogP contribution in [0.15, 0.2) is 65.7 Å². The molecule has 1 aliphatic heterocycles. The fourth-order valence-corrected chi connectivity index (χ4v) is 4.17. The Morgan fingerprint density at radius 3 is 2.41 bits per heavy atom. The van der Waals surface area contributed by atoms with Gasteiger partial charge in [0.2, 0.25) is 0 Å². The quantitative estimate of drug-likeness (QED) is 0.891. The van der Waals surface area contributed by atoms with E-state index in [2.05, 4.69) is 69.9 Å². The molecule has 140 valence electrons. The number of amides is 1. The highest BCUT2D eigenvalue weighted by Crippen LogP contribution is 2.35. The fraction of sp³-hybridized carbons (Fsp3) is 0.348. The third-order valence-corrected chi connectivity index (χ3v) is 5.64. The molecule has 1 amide bonds. The summed E-state index contributed by atoms with van der Waals surface area (Å²) in [6, 6.07) is 19.1. The molecule has 1 heterocycles. The standard InChI is InChI=1S/C23H27N3O/c1-25(2)18-12-14-19(15-13-18)26-22(16-17-8-4-3-5-9-17)20-10-6-7-11-21(20)23(27)24-26/h3-5,8-9,12-15,22H,6-7,10-11,16H2,1-2H3,(H,24,27). The summed E-state index contributed by atoms with van der Waals surface area (Å²) < 4.78 is 0. The van der Waals surface area contributed by atoms with Gasteiger partial charge in [-0.2, -0.15) is 0 Å². The van der Waals surface area contributed by atoms with Gasteiger partial charge in [-0.3, -0.25) is 15.2 Å². The predicted molar refractivity (Wildman–Crippen MR) is 111 cm³/mol. The van der Waals surface area contributed by atoms with E-state index in [1.165, 1.54) is 17.6 Å². The van der Waals surface area contributed by atoms with Crippen LogP contribution in [0.1, 0.15) is 31.2 Å². The number of nitrogens with zero attached hydrogens (tertiary/aromatic N) is 2. The van der Waals surface area contributed by atoms with Crippen LogP contribution < -0.4 is 15.3 Å². The Hall–Kier alpha value is -2.75. The van der Waals surface area contributed by atoms with Gasteiger partial charge in [0, 0.05) is 25.4 Å². The molecule has 2 aliphatic rings. The van der Waals surface area contributed by atoms with Crippen LogP contribution in [0, 0.1) is 0 Å². The molecule has 1 atom stereocenters. The van der Waals surface area contributed by atoms with Gasteiger partial charge in [0.15, 0.2) is 0 Å². The van der Waals surface area contributed by atoms with Gasteiger partial charge in [0.25, 0.3) is 5.91 Å². The molecule has 0 saturated heterocycles. The fourth-order valence-electron chi connectivity index (χ4n) is 4.17. The summed E-state index contributed by atoms with van der Waals surface area (Å²) in [7, 11) is 4.07. The first-order chi connectivity index (χ1) is 13.1. The molecule has 1 unspecified atom stereocenters. The van der Waals surface area contributed by atoms with Gasteiger partial charge in [0.1, 0.15) is 0 Å². The zero-order valence-corrected chi connectivity index (χ0v) is 16.1. The molecule has 1 N–H and O–H groups in total. The summed E-state index contributed by atoms with van der Waals surface area (Å²) in [5.74, 6) is 0.0747. The third-order valence-electron chi connectivity index (χ3n) is 5.64. The molecule has 4 nitrogen and oxygen atoms in total. The average Bonchev–Trinajstić information content (AvgIpc) is 2.71. The highest BCUT2D eigenvalue weighted by Gasteiger charge is 2.35. The van der Waals surface area contributed by atoms with Crippen molar-refractivity contribution in [1.82, 2.24) is 5.43 Å². The van der Waals surface area contributed by atoms with E-state index >= 15 is 0 Å². The van der Waals surface area contributed by atoms with Crippen molar-refractivity contribution in [3.63, 3.8) is 0 Å². The molecule has 0 spiro atoms. The van der Waals surface area contributed by atoms with Crippen molar-refractivity contribution in [3.8, 4) is 0 Å². The van der Waals surface area contributed by atoms with Crippen molar-refractivity contribution in [3.05, 3.63) is 71.3 Å². The Labute approximate surface area is 161 Å². The van der Waals surface area contributed by atoms with Crippen LogP contribution in [-0.2, 0) is 11.2 Å². The summed E-state index contributed by atoms with van der Waals surface area (Å²) in [6.07, 6.45) is 5.11. The zero-order chi connectivity index (χ0) is 18.8. The number of hydrogen-bond donors (Lipinski definition) is 1. The maximum absolute atomic E-state index is 12.8. The van der Waals surface area contributed by atoms with E-state index in [0.29, 0.717) is 0 Å². The Morgan fingerprint density at radius 2 is 1.70 bits per heavy atom. The molecule has 1 aliphatic carbocycles. The first-order valence-corrected chi connectivity index (χ1v) is 9.77. The van der Waals surface area contributed by atoms with E-state index in [4.69, 9.17) is 0 Å². The summed E-state index contributed by atoms with van der Waals surface area (Å²) in [5.41, 5.74) is 9.00. The van der Waals surface area contributed by atoms with Gasteiger partial charge in [0.05, 0.1) is 11.7 Å². The molecule has 0 radical (unpaired) electrons. The van der Waals surface area contributed by atoms with Crippen molar-refractivity contribution in [1.29, 1.82) is 0 Å². The van der Waals surface area contributed by atoms with Gasteiger partial charge < -0.3 is 4.90 Å².